The van der Waals surface area contributed by atoms with Gasteiger partial charge in [0.1, 0.15) is 0 Å². The Kier molecular flexibility index (Phi) is 343. The molecule has 0 atom stereocenters. The summed E-state index contributed by atoms with van der Waals surface area (Å²) >= 11 is 0. The summed E-state index contributed by atoms with van der Waals surface area (Å²) in [5.41, 5.74) is 0. The summed E-state index contributed by atoms with van der Waals surface area (Å²) in [4.78, 5) is 0. The van der Waals surface area contributed by atoms with E-state index < -0.39 is 0 Å². The first-order chi connectivity index (χ1) is 0. The topological polar surface area (TPSA) is 35.0 Å². The molecule has 0 aliphatic heterocycles. The minimum atomic E-state index is 0. The summed E-state index contributed by atoms with van der Waals surface area (Å²) in [7, 11) is 0. The summed E-state index contributed by atoms with van der Waals surface area (Å²) in [6, 6.07) is 0. The Balaban J connectivity index is 0. The van der Waals surface area contributed by atoms with Crippen LogP contribution in [-0.4, -0.2) is 0 Å². The molecule has 4 heteroatoms. The average molecular weight is 219 g/mol. The molecular formula is H4ClNNiPd. The quantitative estimate of drug-likeness (QED) is 0.593. The van der Waals surface area contributed by atoms with E-state index in [1.807, 2.05) is 0 Å². The summed E-state index contributed by atoms with van der Waals surface area (Å²) in [5.74, 6) is 0. The zero-order valence-corrected chi connectivity index (χ0v) is 5.11. The Morgan fingerprint density at radius 3 is 1.00 bits per heavy atom. The van der Waals surface area contributed by atoms with Crippen molar-refractivity contribution in [2.45, 2.75) is 0 Å². The van der Waals surface area contributed by atoms with Gasteiger partial charge in [-0.25, -0.2) is 0 Å². The molecule has 0 aromatic carbocycles. The van der Waals surface area contributed by atoms with Gasteiger partial charge in [-0.2, -0.15) is 0 Å². The number of halogens is 1. The first-order valence-electron chi connectivity index (χ1n) is 0. The van der Waals surface area contributed by atoms with Crippen molar-refractivity contribution >= 4 is 12.4 Å². The second-order valence-corrected chi connectivity index (χ2v) is 0. The van der Waals surface area contributed by atoms with Crippen molar-refractivity contribution in [3.8, 4) is 0 Å². The van der Waals surface area contributed by atoms with E-state index in [1.54, 1.807) is 0 Å². The minimum absolute atomic E-state index is 0. The Morgan fingerprint density at radius 2 is 1.00 bits per heavy atom. The summed E-state index contributed by atoms with van der Waals surface area (Å²) in [5, 5.41) is 0. The SMILES string of the molecule is Cl.N.[Ni].[Pd]. The molecular weight excluding hydrogens is 215 g/mol. The number of hydrogen-bond acceptors (Lipinski definition) is 1. The van der Waals surface area contributed by atoms with Crippen LogP contribution in [0.25, 0.3) is 0 Å². The van der Waals surface area contributed by atoms with Gasteiger partial charge < -0.3 is 6.15 Å². The molecule has 0 bridgehead atoms. The van der Waals surface area contributed by atoms with Gasteiger partial charge in [-0.05, 0) is 0 Å². The summed E-state index contributed by atoms with van der Waals surface area (Å²) in [6.07, 6.45) is 0. The van der Waals surface area contributed by atoms with Crippen molar-refractivity contribution in [1.82, 2.24) is 6.15 Å². The van der Waals surface area contributed by atoms with Crippen LogP contribution in [0.15, 0.2) is 0 Å². The Labute approximate surface area is 55.5 Å². The second kappa shape index (κ2) is 25.9. The van der Waals surface area contributed by atoms with Gasteiger partial charge >= 0.3 is 0 Å². The normalized spacial score (nSPS) is 0. The third kappa shape index (κ3) is 9.97. The largest absolute Gasteiger partial charge is 0.344 e. The maximum Gasteiger partial charge on any atom is 0 e. The van der Waals surface area contributed by atoms with Crippen LogP contribution in [-0.2, 0) is 36.9 Å². The molecule has 0 amide bonds. The number of hydrogen-bond donors (Lipinski definition) is 1. The molecule has 0 saturated carbocycles. The smallest absolute Gasteiger partial charge is 0 e. The van der Waals surface area contributed by atoms with E-state index in [-0.39, 0.29) is 55.5 Å². The van der Waals surface area contributed by atoms with Crippen molar-refractivity contribution in [3.63, 3.8) is 0 Å². The molecule has 0 saturated heterocycles. The monoisotopic (exact) mass is 217 g/mol. The van der Waals surface area contributed by atoms with Gasteiger partial charge in [-0.1, -0.05) is 0 Å². The maximum atomic E-state index is 0. The van der Waals surface area contributed by atoms with Crippen LogP contribution in [0, 0.1) is 0 Å². The zero-order valence-electron chi connectivity index (χ0n) is 1.75. The van der Waals surface area contributed by atoms with Crippen molar-refractivity contribution in [2.75, 3.05) is 0 Å². The molecule has 0 aliphatic carbocycles. The van der Waals surface area contributed by atoms with Gasteiger partial charge in [0.15, 0.2) is 0 Å². The fraction of sp³-hybridized carbons (Fsp3) is 0. The molecule has 4 heavy (non-hydrogen) atoms. The zero-order chi connectivity index (χ0) is 0. The third-order valence-electron chi connectivity index (χ3n) is 0. The molecule has 0 unspecified atom stereocenters. The van der Waals surface area contributed by atoms with Crippen LogP contribution in [0.4, 0.5) is 0 Å². The van der Waals surface area contributed by atoms with E-state index in [4.69, 9.17) is 0 Å². The second-order valence-electron chi connectivity index (χ2n) is 0. The molecule has 0 radical (unpaired) electrons. The molecule has 0 rings (SSSR count). The van der Waals surface area contributed by atoms with E-state index in [0.29, 0.717) is 0 Å². The van der Waals surface area contributed by atoms with Crippen LogP contribution in [0.1, 0.15) is 0 Å². The van der Waals surface area contributed by atoms with E-state index >= 15 is 0 Å². The molecule has 36 valence electrons. The Bertz CT molecular complexity index is 8.00. The molecule has 1 nitrogen and oxygen atoms in total. The third-order valence-corrected chi connectivity index (χ3v) is 0. The minimum Gasteiger partial charge on any atom is -0.344 e. The molecule has 0 aliphatic rings. The van der Waals surface area contributed by atoms with Gasteiger partial charge in [0.25, 0.3) is 0 Å². The fourth-order valence-corrected chi connectivity index (χ4v) is 0. The molecule has 0 aromatic rings. The van der Waals surface area contributed by atoms with E-state index in [1.165, 1.54) is 0 Å². The van der Waals surface area contributed by atoms with Crippen molar-refractivity contribution in [3.05, 3.63) is 0 Å². The molecule has 0 fully saturated rings. The fourth-order valence-electron chi connectivity index (χ4n) is 0. The van der Waals surface area contributed by atoms with Crippen LogP contribution in [0.5, 0.6) is 0 Å². The van der Waals surface area contributed by atoms with Crippen LogP contribution < -0.4 is 6.15 Å². The van der Waals surface area contributed by atoms with E-state index in [2.05, 4.69) is 0 Å². The van der Waals surface area contributed by atoms with Gasteiger partial charge in [0, 0.05) is 36.9 Å². The molecule has 0 spiro atoms. The number of rotatable bonds is 0. The van der Waals surface area contributed by atoms with Crippen molar-refractivity contribution in [1.29, 1.82) is 0 Å². The standard InChI is InChI=1S/ClH.H3N.Ni.Pd/h1H;1H3;;. The molecule has 0 heterocycles. The molecule has 0 aromatic heterocycles. The summed E-state index contributed by atoms with van der Waals surface area (Å²) < 4.78 is 0. The van der Waals surface area contributed by atoms with Gasteiger partial charge in [-0.3, -0.25) is 0 Å². The van der Waals surface area contributed by atoms with Gasteiger partial charge in [0.2, 0.25) is 0 Å². The van der Waals surface area contributed by atoms with Crippen molar-refractivity contribution < 1.29 is 36.9 Å². The Morgan fingerprint density at radius 1 is 1.00 bits per heavy atom. The van der Waals surface area contributed by atoms with Crippen LogP contribution >= 0.6 is 12.4 Å². The first kappa shape index (κ1) is 53.1. The van der Waals surface area contributed by atoms with Crippen LogP contribution in [0.3, 0.4) is 0 Å². The van der Waals surface area contributed by atoms with E-state index in [0.717, 1.165) is 0 Å². The van der Waals surface area contributed by atoms with Gasteiger partial charge in [-0.15, -0.1) is 12.4 Å². The predicted molar refractivity (Wildman–Crippen MR) is 12.3 cm³/mol. The van der Waals surface area contributed by atoms with Crippen LogP contribution in [0.2, 0.25) is 0 Å². The van der Waals surface area contributed by atoms with E-state index in [9.17, 15) is 0 Å². The maximum absolute atomic E-state index is 0. The molecule has 3 N–H and O–H groups in total. The Hall–Kier alpha value is 1.41. The van der Waals surface area contributed by atoms with Crippen molar-refractivity contribution in [2.24, 2.45) is 0 Å². The predicted octanol–water partition coefficient (Wildman–Crippen LogP) is 0.579. The summed E-state index contributed by atoms with van der Waals surface area (Å²) in [6.45, 7) is 0. The average Bonchev–Trinajstić information content (AvgIpc) is 0. The first-order valence-corrected chi connectivity index (χ1v) is 0. The van der Waals surface area contributed by atoms with Gasteiger partial charge in [0.05, 0.1) is 0 Å².